The van der Waals surface area contributed by atoms with Crippen LogP contribution in [0.4, 0.5) is 10.5 Å². The molecule has 0 radical (unpaired) electrons. The molecule has 30 heavy (non-hydrogen) atoms. The second-order valence-corrected chi connectivity index (χ2v) is 7.56. The number of phenolic OH excluding ortho intramolecular Hbond substituents is 1. The van der Waals surface area contributed by atoms with E-state index in [9.17, 15) is 14.7 Å². The molecule has 2 aromatic heterocycles. The summed E-state index contributed by atoms with van der Waals surface area (Å²) in [6.07, 6.45) is 4.25. The number of benzene rings is 1. The van der Waals surface area contributed by atoms with Crippen molar-refractivity contribution in [3.63, 3.8) is 0 Å². The third-order valence-electron chi connectivity index (χ3n) is 5.18. The van der Waals surface area contributed by atoms with Crippen molar-refractivity contribution in [2.45, 2.75) is 45.1 Å². The van der Waals surface area contributed by atoms with Gasteiger partial charge in [0.1, 0.15) is 5.75 Å². The van der Waals surface area contributed by atoms with Crippen molar-refractivity contribution in [3.05, 3.63) is 54.1 Å². The molecule has 8 heteroatoms. The first-order chi connectivity index (χ1) is 14.5. The van der Waals surface area contributed by atoms with Crippen molar-refractivity contribution in [2.75, 3.05) is 5.32 Å². The van der Waals surface area contributed by atoms with Gasteiger partial charge in [-0.15, -0.1) is 0 Å². The molecule has 2 amide bonds. The number of amides is 2. The summed E-state index contributed by atoms with van der Waals surface area (Å²) in [4.78, 5) is 24.9. The SMILES string of the molecule is CCC(C)NC(=O)n1nc(-c2cc(NC(=O)c3ccco3)ccc2O)cc1C1CC1. The lowest BCUT2D eigenvalue weighted by Crippen LogP contribution is -2.36. The number of carbonyl (C=O) groups is 2. The van der Waals surface area contributed by atoms with E-state index in [-0.39, 0.29) is 29.5 Å². The van der Waals surface area contributed by atoms with E-state index in [0.29, 0.717) is 16.9 Å². The largest absolute Gasteiger partial charge is 0.507 e. The van der Waals surface area contributed by atoms with Gasteiger partial charge < -0.3 is 20.2 Å². The number of hydrogen-bond acceptors (Lipinski definition) is 5. The number of aromatic nitrogens is 2. The molecule has 0 saturated heterocycles. The number of carbonyl (C=O) groups excluding carboxylic acids is 2. The van der Waals surface area contributed by atoms with Gasteiger partial charge in [0.05, 0.1) is 17.7 Å². The Kier molecular flexibility index (Phi) is 5.31. The minimum atomic E-state index is -0.395. The number of anilines is 1. The molecule has 1 saturated carbocycles. The highest BCUT2D eigenvalue weighted by Gasteiger charge is 2.31. The molecule has 1 aromatic carbocycles. The first kappa shape index (κ1) is 19.8. The lowest BCUT2D eigenvalue weighted by molar-refractivity contribution is 0.0996. The molecule has 0 spiro atoms. The van der Waals surface area contributed by atoms with E-state index in [4.69, 9.17) is 4.42 Å². The van der Waals surface area contributed by atoms with Crippen LogP contribution < -0.4 is 10.6 Å². The van der Waals surface area contributed by atoms with Crippen LogP contribution in [0.5, 0.6) is 5.75 Å². The quantitative estimate of drug-likeness (QED) is 0.526. The Bertz CT molecular complexity index is 1070. The maximum atomic E-state index is 12.7. The number of nitrogens with zero attached hydrogens (tertiary/aromatic N) is 2. The molecule has 1 aliphatic rings. The van der Waals surface area contributed by atoms with E-state index < -0.39 is 5.91 Å². The molecule has 8 nitrogen and oxygen atoms in total. The highest BCUT2D eigenvalue weighted by Crippen LogP contribution is 2.42. The maximum absolute atomic E-state index is 12.7. The third kappa shape index (κ3) is 4.07. The predicted octanol–water partition coefficient (Wildman–Crippen LogP) is 4.33. The fraction of sp³-hybridized carbons (Fsp3) is 0.318. The van der Waals surface area contributed by atoms with Gasteiger partial charge in [0.2, 0.25) is 0 Å². The lowest BCUT2D eigenvalue weighted by Gasteiger charge is -2.12. The summed E-state index contributed by atoms with van der Waals surface area (Å²) in [5.41, 5.74) is 2.22. The van der Waals surface area contributed by atoms with E-state index in [1.165, 1.54) is 17.0 Å². The van der Waals surface area contributed by atoms with Crippen LogP contribution in [0.15, 0.2) is 47.1 Å². The Labute approximate surface area is 173 Å². The van der Waals surface area contributed by atoms with Gasteiger partial charge in [-0.1, -0.05) is 6.92 Å². The summed E-state index contributed by atoms with van der Waals surface area (Å²) in [6.45, 7) is 3.94. The van der Waals surface area contributed by atoms with Crippen LogP contribution in [0.2, 0.25) is 0 Å². The molecule has 3 aromatic rings. The van der Waals surface area contributed by atoms with Gasteiger partial charge in [0.25, 0.3) is 5.91 Å². The Morgan fingerprint density at radius 2 is 2.10 bits per heavy atom. The van der Waals surface area contributed by atoms with E-state index in [0.717, 1.165) is 25.0 Å². The summed E-state index contributed by atoms with van der Waals surface area (Å²) in [5.74, 6) is 0.0960. The molecular formula is C22H24N4O4. The van der Waals surface area contributed by atoms with Crippen molar-refractivity contribution in [3.8, 4) is 17.0 Å². The van der Waals surface area contributed by atoms with Gasteiger partial charge in [0.15, 0.2) is 5.76 Å². The van der Waals surface area contributed by atoms with E-state index in [1.54, 1.807) is 24.3 Å². The van der Waals surface area contributed by atoms with E-state index >= 15 is 0 Å². The van der Waals surface area contributed by atoms with Crippen molar-refractivity contribution < 1.29 is 19.1 Å². The molecule has 0 aliphatic heterocycles. The monoisotopic (exact) mass is 408 g/mol. The molecule has 1 fully saturated rings. The molecule has 156 valence electrons. The van der Waals surface area contributed by atoms with Gasteiger partial charge in [0, 0.05) is 23.2 Å². The van der Waals surface area contributed by atoms with Crippen molar-refractivity contribution >= 4 is 17.6 Å². The Morgan fingerprint density at radius 1 is 1.30 bits per heavy atom. The van der Waals surface area contributed by atoms with Crippen LogP contribution in [0, 0.1) is 0 Å². The minimum Gasteiger partial charge on any atom is -0.507 e. The molecule has 4 rings (SSSR count). The summed E-state index contributed by atoms with van der Waals surface area (Å²) in [5, 5.41) is 20.5. The topological polar surface area (TPSA) is 109 Å². The normalized spacial score (nSPS) is 14.3. The number of furan rings is 1. The number of aromatic hydroxyl groups is 1. The van der Waals surface area contributed by atoms with Gasteiger partial charge in [-0.3, -0.25) is 4.79 Å². The van der Waals surface area contributed by atoms with Crippen LogP contribution >= 0.6 is 0 Å². The molecule has 1 unspecified atom stereocenters. The Balaban J connectivity index is 1.64. The Hall–Kier alpha value is -3.55. The van der Waals surface area contributed by atoms with Crippen LogP contribution in [-0.4, -0.2) is 32.9 Å². The number of nitrogens with one attached hydrogen (secondary N) is 2. The second kappa shape index (κ2) is 8.06. The van der Waals surface area contributed by atoms with Crippen molar-refractivity contribution in [1.82, 2.24) is 15.1 Å². The fourth-order valence-corrected chi connectivity index (χ4v) is 3.15. The maximum Gasteiger partial charge on any atom is 0.342 e. The molecular weight excluding hydrogens is 384 g/mol. The minimum absolute atomic E-state index is 0.0142. The van der Waals surface area contributed by atoms with Crippen molar-refractivity contribution in [2.24, 2.45) is 0 Å². The fourth-order valence-electron chi connectivity index (χ4n) is 3.15. The number of hydrogen-bond donors (Lipinski definition) is 3. The Morgan fingerprint density at radius 3 is 2.77 bits per heavy atom. The molecule has 3 N–H and O–H groups in total. The van der Waals surface area contributed by atoms with Gasteiger partial charge in [-0.2, -0.15) is 9.78 Å². The van der Waals surface area contributed by atoms with E-state index in [2.05, 4.69) is 15.7 Å². The molecule has 1 aliphatic carbocycles. The number of rotatable bonds is 6. The van der Waals surface area contributed by atoms with E-state index in [1.807, 2.05) is 19.9 Å². The first-order valence-electron chi connectivity index (χ1n) is 10.0. The zero-order valence-electron chi connectivity index (χ0n) is 16.9. The standard InChI is InChI=1S/C22H24N4O4/c1-3-13(2)23-22(29)26-18(14-6-7-14)12-17(25-26)16-11-15(8-9-19(16)27)24-21(28)20-5-4-10-30-20/h4-5,8-14,27H,3,6-7H2,1-2H3,(H,23,29)(H,24,28). The summed E-state index contributed by atoms with van der Waals surface area (Å²) < 4.78 is 6.50. The van der Waals surface area contributed by atoms with Gasteiger partial charge in [-0.25, -0.2) is 4.79 Å². The highest BCUT2D eigenvalue weighted by molar-refractivity contribution is 6.02. The van der Waals surface area contributed by atoms with Crippen LogP contribution in [0.25, 0.3) is 11.3 Å². The smallest absolute Gasteiger partial charge is 0.342 e. The summed E-state index contributed by atoms with van der Waals surface area (Å²) >= 11 is 0. The molecule has 0 bridgehead atoms. The average molecular weight is 408 g/mol. The van der Waals surface area contributed by atoms with Gasteiger partial charge in [-0.05, 0) is 62.6 Å². The molecule has 2 heterocycles. The third-order valence-corrected chi connectivity index (χ3v) is 5.18. The van der Waals surface area contributed by atoms with Gasteiger partial charge >= 0.3 is 6.03 Å². The average Bonchev–Trinajstić information content (AvgIpc) is 3.25. The molecule has 1 atom stereocenters. The number of phenols is 1. The zero-order chi connectivity index (χ0) is 21.3. The van der Waals surface area contributed by atoms with Crippen LogP contribution in [0.1, 0.15) is 55.3 Å². The predicted molar refractivity (Wildman–Crippen MR) is 112 cm³/mol. The first-order valence-corrected chi connectivity index (χ1v) is 10.0. The summed E-state index contributed by atoms with van der Waals surface area (Å²) in [7, 11) is 0. The lowest BCUT2D eigenvalue weighted by atomic mass is 10.1. The van der Waals surface area contributed by atoms with Crippen LogP contribution in [-0.2, 0) is 0 Å². The zero-order valence-corrected chi connectivity index (χ0v) is 16.9. The second-order valence-electron chi connectivity index (χ2n) is 7.56. The van der Waals surface area contributed by atoms with Crippen LogP contribution in [0.3, 0.4) is 0 Å². The highest BCUT2D eigenvalue weighted by atomic mass is 16.3. The van der Waals surface area contributed by atoms with Crippen molar-refractivity contribution in [1.29, 1.82) is 0 Å². The summed E-state index contributed by atoms with van der Waals surface area (Å²) in [6, 6.07) is 9.50.